The monoisotopic (exact) mass is 494 g/mol. The van der Waals surface area contributed by atoms with E-state index in [1.54, 1.807) is 4.90 Å². The van der Waals surface area contributed by atoms with Crippen LogP contribution >= 0.6 is 34.8 Å². The number of hydrogen-bond acceptors (Lipinski definition) is 5. The molecule has 1 fully saturated rings. The summed E-state index contributed by atoms with van der Waals surface area (Å²) in [6.07, 6.45) is 0. The van der Waals surface area contributed by atoms with Crippen molar-refractivity contribution in [3.63, 3.8) is 0 Å². The lowest BCUT2D eigenvalue weighted by molar-refractivity contribution is -0.133. The van der Waals surface area contributed by atoms with Crippen molar-refractivity contribution in [1.29, 1.82) is 0 Å². The van der Waals surface area contributed by atoms with E-state index in [0.717, 1.165) is 29.2 Å². The maximum Gasteiger partial charge on any atom is 0.260 e. The molecule has 0 saturated carbocycles. The highest BCUT2D eigenvalue weighted by Crippen LogP contribution is 2.33. The van der Waals surface area contributed by atoms with Crippen molar-refractivity contribution in [3.05, 3.63) is 69.4 Å². The Kier molecular flexibility index (Phi) is 6.98. The number of aromatic nitrogens is 2. The lowest BCUT2D eigenvalue weighted by atomic mass is 10.1. The highest BCUT2D eigenvalue weighted by Gasteiger charge is 2.23. The van der Waals surface area contributed by atoms with Crippen molar-refractivity contribution in [2.24, 2.45) is 0 Å². The van der Waals surface area contributed by atoms with Gasteiger partial charge in [0.15, 0.2) is 18.2 Å². The van der Waals surface area contributed by atoms with Crippen LogP contribution in [-0.2, 0) is 4.79 Å². The summed E-state index contributed by atoms with van der Waals surface area (Å²) in [5, 5.41) is 9.34. The van der Waals surface area contributed by atoms with Gasteiger partial charge in [0.05, 0.1) is 15.7 Å². The maximum atomic E-state index is 13.3. The molecule has 1 aromatic heterocycles. The molecule has 3 aromatic rings. The Morgan fingerprint density at radius 2 is 1.59 bits per heavy atom. The van der Waals surface area contributed by atoms with Gasteiger partial charge in [-0.05, 0) is 36.4 Å². The molecule has 0 aliphatic carbocycles. The fourth-order valence-corrected chi connectivity index (χ4v) is 4.04. The first-order valence-electron chi connectivity index (χ1n) is 9.80. The quantitative estimate of drug-likeness (QED) is 0.500. The zero-order valence-corrected chi connectivity index (χ0v) is 19.0. The molecule has 1 aliphatic rings. The van der Waals surface area contributed by atoms with Gasteiger partial charge < -0.3 is 14.5 Å². The van der Waals surface area contributed by atoms with Gasteiger partial charge in [-0.25, -0.2) is 4.39 Å². The molecule has 1 saturated heterocycles. The molecule has 2 heterocycles. The zero-order chi connectivity index (χ0) is 22.7. The number of carbonyl (C=O) groups is 1. The van der Waals surface area contributed by atoms with Gasteiger partial charge in [-0.3, -0.25) is 4.79 Å². The average molecular weight is 496 g/mol. The second kappa shape index (κ2) is 9.90. The largest absolute Gasteiger partial charge is 0.481 e. The minimum absolute atomic E-state index is 0.0215. The first-order valence-corrected chi connectivity index (χ1v) is 10.9. The van der Waals surface area contributed by atoms with E-state index in [1.807, 2.05) is 36.4 Å². The summed E-state index contributed by atoms with van der Waals surface area (Å²) >= 11 is 17.8. The van der Waals surface area contributed by atoms with Crippen molar-refractivity contribution in [3.8, 4) is 17.0 Å². The third-order valence-corrected chi connectivity index (χ3v) is 5.86. The summed E-state index contributed by atoms with van der Waals surface area (Å²) in [7, 11) is 0. The fraction of sp³-hybridized carbons (Fsp3) is 0.227. The summed E-state index contributed by atoms with van der Waals surface area (Å²) in [6, 6.07) is 13.4. The van der Waals surface area contributed by atoms with Crippen LogP contribution in [-0.4, -0.2) is 53.8 Å². The van der Waals surface area contributed by atoms with Crippen LogP contribution in [0.3, 0.4) is 0 Å². The van der Waals surface area contributed by atoms with Crippen molar-refractivity contribution in [2.75, 3.05) is 37.7 Å². The Bertz CT molecular complexity index is 1080. The van der Waals surface area contributed by atoms with Gasteiger partial charge >= 0.3 is 0 Å². The molecular weight excluding hydrogens is 478 g/mol. The van der Waals surface area contributed by atoms with Gasteiger partial charge in [0.25, 0.3) is 5.91 Å². The smallest absolute Gasteiger partial charge is 0.260 e. The summed E-state index contributed by atoms with van der Waals surface area (Å²) < 4.78 is 18.7. The molecule has 32 heavy (non-hydrogen) atoms. The number of benzene rings is 2. The van der Waals surface area contributed by atoms with E-state index < -0.39 is 5.82 Å². The van der Waals surface area contributed by atoms with Crippen molar-refractivity contribution >= 4 is 46.5 Å². The van der Waals surface area contributed by atoms with Crippen LogP contribution in [0.2, 0.25) is 15.1 Å². The molecule has 2 aromatic carbocycles. The lowest BCUT2D eigenvalue weighted by Gasteiger charge is -2.35. The Hall–Kier alpha value is -2.61. The Morgan fingerprint density at radius 3 is 2.19 bits per heavy atom. The van der Waals surface area contributed by atoms with Crippen LogP contribution in [0.15, 0.2) is 48.5 Å². The highest BCUT2D eigenvalue weighted by molar-refractivity contribution is 6.37. The standard InChI is InChI=1S/C22H18Cl3FN4O2/c23-15-3-1-14(2-4-15)19-5-6-20(28-27-19)29-7-9-30(10-8-29)21(31)13-32-22-17(24)11-16(26)12-18(22)25/h1-6,11-12H,7-10,13H2. The van der Waals surface area contributed by atoms with Crippen LogP contribution in [0, 0.1) is 5.82 Å². The number of carbonyl (C=O) groups excluding carboxylic acids is 1. The summed E-state index contributed by atoms with van der Waals surface area (Å²) in [4.78, 5) is 16.3. The molecule has 0 spiro atoms. The fourth-order valence-electron chi connectivity index (χ4n) is 3.35. The molecule has 0 atom stereocenters. The molecule has 1 amide bonds. The van der Waals surface area contributed by atoms with Crippen molar-refractivity contribution < 1.29 is 13.9 Å². The summed E-state index contributed by atoms with van der Waals surface area (Å²) in [6.45, 7) is 2.00. The van der Waals surface area contributed by atoms with E-state index in [2.05, 4.69) is 15.1 Å². The second-order valence-corrected chi connectivity index (χ2v) is 8.39. The molecule has 0 unspecified atom stereocenters. The first-order chi connectivity index (χ1) is 15.4. The minimum Gasteiger partial charge on any atom is -0.481 e. The minimum atomic E-state index is -0.570. The molecular formula is C22H18Cl3FN4O2. The average Bonchev–Trinajstić information content (AvgIpc) is 2.79. The van der Waals surface area contributed by atoms with Crippen molar-refractivity contribution in [2.45, 2.75) is 0 Å². The van der Waals surface area contributed by atoms with Gasteiger partial charge in [0.2, 0.25) is 0 Å². The topological polar surface area (TPSA) is 58.6 Å². The van der Waals surface area contributed by atoms with Crippen molar-refractivity contribution in [1.82, 2.24) is 15.1 Å². The maximum absolute atomic E-state index is 13.3. The number of anilines is 1. The number of hydrogen-bond donors (Lipinski definition) is 0. The highest BCUT2D eigenvalue weighted by atomic mass is 35.5. The van der Waals surface area contributed by atoms with Gasteiger partial charge in [-0.15, -0.1) is 10.2 Å². The Labute approximate surface area is 199 Å². The summed E-state index contributed by atoms with van der Waals surface area (Å²) in [5.41, 5.74) is 1.69. The van der Waals surface area contributed by atoms with Gasteiger partial charge in [-0.2, -0.15) is 0 Å². The predicted molar refractivity (Wildman–Crippen MR) is 123 cm³/mol. The van der Waals surface area contributed by atoms with Gasteiger partial charge in [0.1, 0.15) is 5.82 Å². The molecule has 1 aliphatic heterocycles. The number of halogens is 4. The zero-order valence-electron chi connectivity index (χ0n) is 16.8. The molecule has 4 rings (SSSR count). The normalized spacial score (nSPS) is 13.9. The van der Waals surface area contributed by atoms with Crippen LogP contribution in [0.4, 0.5) is 10.2 Å². The van der Waals surface area contributed by atoms with Gasteiger partial charge in [-0.1, -0.05) is 46.9 Å². The van der Waals surface area contributed by atoms with Crippen LogP contribution in [0.5, 0.6) is 5.75 Å². The SMILES string of the molecule is O=C(COc1c(Cl)cc(F)cc1Cl)N1CCN(c2ccc(-c3ccc(Cl)cc3)nn2)CC1. The van der Waals surface area contributed by atoms with E-state index >= 15 is 0 Å². The van der Waals surface area contributed by atoms with E-state index in [-0.39, 0.29) is 28.3 Å². The molecule has 0 N–H and O–H groups in total. The number of amides is 1. The molecule has 0 bridgehead atoms. The van der Waals surface area contributed by atoms with E-state index in [1.165, 1.54) is 0 Å². The molecule has 10 heteroatoms. The Balaban J connectivity index is 1.31. The van der Waals surface area contributed by atoms with E-state index in [9.17, 15) is 9.18 Å². The Morgan fingerprint density at radius 1 is 0.938 bits per heavy atom. The third-order valence-electron chi connectivity index (χ3n) is 5.05. The van der Waals surface area contributed by atoms with Crippen LogP contribution < -0.4 is 9.64 Å². The molecule has 6 nitrogen and oxygen atoms in total. The number of piperazine rings is 1. The summed E-state index contributed by atoms with van der Waals surface area (Å²) in [5.74, 6) is 0.0677. The second-order valence-electron chi connectivity index (χ2n) is 7.14. The van der Waals surface area contributed by atoms with Crippen LogP contribution in [0.1, 0.15) is 0 Å². The number of ether oxygens (including phenoxy) is 1. The number of rotatable bonds is 5. The third kappa shape index (κ3) is 5.23. The molecule has 0 radical (unpaired) electrons. The molecule has 166 valence electrons. The van der Waals surface area contributed by atoms with E-state index in [0.29, 0.717) is 31.2 Å². The lowest BCUT2D eigenvalue weighted by Crippen LogP contribution is -2.50. The first kappa shape index (κ1) is 22.6. The predicted octanol–water partition coefficient (Wildman–Crippen LogP) is 4.97. The number of nitrogens with zero attached hydrogens (tertiary/aromatic N) is 4. The van der Waals surface area contributed by atoms with Gasteiger partial charge in [0, 0.05) is 36.8 Å². The van der Waals surface area contributed by atoms with Crippen LogP contribution in [0.25, 0.3) is 11.3 Å². The van der Waals surface area contributed by atoms with E-state index in [4.69, 9.17) is 39.5 Å².